The van der Waals surface area contributed by atoms with Crippen LogP contribution in [0.1, 0.15) is 18.4 Å². The number of benzene rings is 1. The van der Waals surface area contributed by atoms with Crippen molar-refractivity contribution >= 4 is 12.0 Å². The Kier molecular flexibility index (Phi) is 5.77. The molecule has 2 amide bonds. The molecule has 22 heavy (non-hydrogen) atoms. The van der Waals surface area contributed by atoms with Gasteiger partial charge in [-0.15, -0.1) is 0 Å². The van der Waals surface area contributed by atoms with E-state index in [-0.39, 0.29) is 12.0 Å². The van der Waals surface area contributed by atoms with E-state index in [1.807, 2.05) is 30.3 Å². The summed E-state index contributed by atoms with van der Waals surface area (Å²) in [7, 11) is 1.42. The smallest absolute Gasteiger partial charge is 0.407 e. The van der Waals surface area contributed by atoms with Crippen molar-refractivity contribution in [3.05, 3.63) is 35.9 Å². The van der Waals surface area contributed by atoms with Gasteiger partial charge in [0.25, 0.3) is 0 Å². The quantitative estimate of drug-likeness (QED) is 0.835. The maximum Gasteiger partial charge on any atom is 0.407 e. The summed E-state index contributed by atoms with van der Waals surface area (Å²) >= 11 is 0. The van der Waals surface area contributed by atoms with Crippen LogP contribution in [0.3, 0.4) is 0 Å². The molecule has 1 aromatic carbocycles. The van der Waals surface area contributed by atoms with E-state index in [4.69, 9.17) is 4.74 Å². The van der Waals surface area contributed by atoms with Gasteiger partial charge in [0.15, 0.2) is 0 Å². The van der Waals surface area contributed by atoms with E-state index in [0.717, 1.165) is 29.9 Å². The third kappa shape index (κ3) is 4.46. The average Bonchev–Trinajstić information content (AvgIpc) is 3.04. The molecule has 120 valence electrons. The molecule has 0 aliphatic carbocycles. The minimum atomic E-state index is -1.12. The van der Waals surface area contributed by atoms with E-state index >= 15 is 0 Å². The standard InChI is InChI=1S/C16H22N2O4/c1-18(16(20)21)14(10-12-6-3-2-4-7-12)15(19)17-11-13-8-5-9-22-13/h2-4,6-7,13-14H,5,8-11H2,1H3,(H,17,19)(H,20,21)/t13?,14-/m1/s1. The summed E-state index contributed by atoms with van der Waals surface area (Å²) < 4.78 is 5.46. The maximum atomic E-state index is 12.4. The van der Waals surface area contributed by atoms with Crippen LogP contribution in [0.2, 0.25) is 0 Å². The zero-order chi connectivity index (χ0) is 15.9. The highest BCUT2D eigenvalue weighted by molar-refractivity contribution is 5.85. The number of carbonyl (C=O) groups excluding carboxylic acids is 1. The molecule has 1 saturated heterocycles. The van der Waals surface area contributed by atoms with Gasteiger partial charge in [0, 0.05) is 26.6 Å². The SMILES string of the molecule is CN(C(=O)O)[C@H](Cc1ccccc1)C(=O)NCC1CCCO1. The second-order valence-corrected chi connectivity index (χ2v) is 5.48. The van der Waals surface area contributed by atoms with Crippen LogP contribution in [0.15, 0.2) is 30.3 Å². The number of rotatable bonds is 6. The third-order valence-electron chi connectivity index (χ3n) is 3.87. The fourth-order valence-corrected chi connectivity index (χ4v) is 2.51. The molecule has 1 fully saturated rings. The van der Waals surface area contributed by atoms with Crippen LogP contribution in [0, 0.1) is 0 Å². The monoisotopic (exact) mass is 306 g/mol. The van der Waals surface area contributed by atoms with Gasteiger partial charge in [-0.3, -0.25) is 9.69 Å². The van der Waals surface area contributed by atoms with Crippen molar-refractivity contribution in [3.63, 3.8) is 0 Å². The highest BCUT2D eigenvalue weighted by Gasteiger charge is 2.27. The van der Waals surface area contributed by atoms with Crippen LogP contribution < -0.4 is 5.32 Å². The molecule has 0 saturated carbocycles. The molecule has 6 nitrogen and oxygen atoms in total. The molecule has 0 spiro atoms. The molecule has 0 bridgehead atoms. The molecule has 6 heteroatoms. The first-order chi connectivity index (χ1) is 10.6. The highest BCUT2D eigenvalue weighted by Crippen LogP contribution is 2.12. The number of ether oxygens (including phenoxy) is 1. The summed E-state index contributed by atoms with van der Waals surface area (Å²) in [4.78, 5) is 24.6. The van der Waals surface area contributed by atoms with Gasteiger partial charge >= 0.3 is 6.09 Å². The molecule has 2 N–H and O–H groups in total. The van der Waals surface area contributed by atoms with Gasteiger partial charge in [0.05, 0.1) is 6.10 Å². The number of hydrogen-bond acceptors (Lipinski definition) is 3. The molecule has 1 aromatic rings. The first kappa shape index (κ1) is 16.3. The predicted molar refractivity (Wildman–Crippen MR) is 81.7 cm³/mol. The van der Waals surface area contributed by atoms with E-state index < -0.39 is 12.1 Å². The summed E-state index contributed by atoms with van der Waals surface area (Å²) in [5.74, 6) is -0.288. The van der Waals surface area contributed by atoms with Gasteiger partial charge < -0.3 is 15.2 Å². The van der Waals surface area contributed by atoms with Gasteiger partial charge in [0.2, 0.25) is 5.91 Å². The van der Waals surface area contributed by atoms with Crippen LogP contribution in [0.5, 0.6) is 0 Å². The van der Waals surface area contributed by atoms with E-state index in [1.54, 1.807) is 0 Å². The Hall–Kier alpha value is -2.08. The molecular formula is C16H22N2O4. The summed E-state index contributed by atoms with van der Waals surface area (Å²) in [6.07, 6.45) is 1.20. The van der Waals surface area contributed by atoms with Crippen LogP contribution in [0.4, 0.5) is 4.79 Å². The summed E-state index contributed by atoms with van der Waals surface area (Å²) in [6.45, 7) is 1.15. The second-order valence-electron chi connectivity index (χ2n) is 5.48. The van der Waals surface area contributed by atoms with Gasteiger partial charge in [-0.05, 0) is 18.4 Å². The largest absolute Gasteiger partial charge is 0.465 e. The second kappa shape index (κ2) is 7.79. The molecular weight excluding hydrogens is 284 g/mol. The molecule has 1 aliphatic heterocycles. The van der Waals surface area contributed by atoms with Crippen LogP contribution in [-0.4, -0.2) is 54.4 Å². The third-order valence-corrected chi connectivity index (χ3v) is 3.87. The van der Waals surface area contributed by atoms with E-state index in [1.165, 1.54) is 7.05 Å². The average molecular weight is 306 g/mol. The minimum absolute atomic E-state index is 0.0384. The Bertz CT molecular complexity index is 500. The summed E-state index contributed by atoms with van der Waals surface area (Å²) in [5.41, 5.74) is 0.924. The molecule has 0 radical (unpaired) electrons. The van der Waals surface area contributed by atoms with Crippen molar-refractivity contribution in [2.75, 3.05) is 20.2 Å². The zero-order valence-electron chi connectivity index (χ0n) is 12.7. The lowest BCUT2D eigenvalue weighted by Crippen LogP contribution is -2.49. The van der Waals surface area contributed by atoms with E-state index in [9.17, 15) is 14.7 Å². The Balaban J connectivity index is 1.99. The molecule has 2 rings (SSSR count). The van der Waals surface area contributed by atoms with Crippen molar-refractivity contribution in [3.8, 4) is 0 Å². The van der Waals surface area contributed by atoms with Crippen molar-refractivity contribution in [2.24, 2.45) is 0 Å². The van der Waals surface area contributed by atoms with Gasteiger partial charge in [-0.25, -0.2) is 4.79 Å². The van der Waals surface area contributed by atoms with Crippen molar-refractivity contribution in [2.45, 2.75) is 31.4 Å². The Labute approximate surface area is 130 Å². The lowest BCUT2D eigenvalue weighted by molar-refractivity contribution is -0.126. The number of hydrogen-bond donors (Lipinski definition) is 2. The highest BCUT2D eigenvalue weighted by atomic mass is 16.5. The molecule has 2 atom stereocenters. The number of carboxylic acid groups (broad SMARTS) is 1. The Morgan fingerprint density at radius 3 is 2.73 bits per heavy atom. The fourth-order valence-electron chi connectivity index (χ4n) is 2.51. The van der Waals surface area contributed by atoms with E-state index in [0.29, 0.717) is 13.0 Å². The number of carbonyl (C=O) groups is 2. The first-order valence-corrected chi connectivity index (χ1v) is 7.47. The van der Waals surface area contributed by atoms with Crippen LogP contribution in [0.25, 0.3) is 0 Å². The van der Waals surface area contributed by atoms with Gasteiger partial charge in [0.1, 0.15) is 6.04 Å². The van der Waals surface area contributed by atoms with Crippen molar-refractivity contribution in [1.29, 1.82) is 0 Å². The number of likely N-dealkylation sites (N-methyl/N-ethyl adjacent to an activating group) is 1. The Morgan fingerprint density at radius 2 is 2.14 bits per heavy atom. The van der Waals surface area contributed by atoms with Crippen LogP contribution in [-0.2, 0) is 16.0 Å². The molecule has 0 aromatic heterocycles. The summed E-state index contributed by atoms with van der Waals surface area (Å²) in [6, 6.07) is 8.65. The number of nitrogens with zero attached hydrogens (tertiary/aromatic N) is 1. The predicted octanol–water partition coefficient (Wildman–Crippen LogP) is 1.50. The topological polar surface area (TPSA) is 78.9 Å². The lowest BCUT2D eigenvalue weighted by atomic mass is 10.0. The normalized spacial score (nSPS) is 18.7. The number of amides is 2. The fraction of sp³-hybridized carbons (Fsp3) is 0.500. The minimum Gasteiger partial charge on any atom is -0.465 e. The van der Waals surface area contributed by atoms with Crippen molar-refractivity contribution in [1.82, 2.24) is 10.2 Å². The first-order valence-electron chi connectivity index (χ1n) is 7.47. The van der Waals surface area contributed by atoms with Gasteiger partial charge in [-0.1, -0.05) is 30.3 Å². The Morgan fingerprint density at radius 1 is 1.41 bits per heavy atom. The zero-order valence-corrected chi connectivity index (χ0v) is 12.7. The van der Waals surface area contributed by atoms with E-state index in [2.05, 4.69) is 5.32 Å². The molecule has 1 heterocycles. The lowest BCUT2D eigenvalue weighted by Gasteiger charge is -2.25. The van der Waals surface area contributed by atoms with Gasteiger partial charge in [-0.2, -0.15) is 0 Å². The summed E-state index contributed by atoms with van der Waals surface area (Å²) in [5, 5.41) is 12.0. The van der Waals surface area contributed by atoms with Crippen molar-refractivity contribution < 1.29 is 19.4 Å². The molecule has 1 aliphatic rings. The number of nitrogens with one attached hydrogen (secondary N) is 1. The van der Waals surface area contributed by atoms with Crippen LogP contribution >= 0.6 is 0 Å². The molecule has 1 unspecified atom stereocenters. The maximum absolute atomic E-state index is 12.4.